The van der Waals surface area contributed by atoms with Gasteiger partial charge >= 0.3 is 0 Å². The number of nitrogens with zero attached hydrogens (tertiary/aromatic N) is 1. The summed E-state index contributed by atoms with van der Waals surface area (Å²) in [6.45, 7) is 4.72. The van der Waals surface area contributed by atoms with Crippen molar-refractivity contribution in [2.24, 2.45) is 0 Å². The summed E-state index contributed by atoms with van der Waals surface area (Å²) in [5.41, 5.74) is 26.2. The molecule has 4 aliphatic carbocycles. The van der Waals surface area contributed by atoms with Gasteiger partial charge in [0.25, 0.3) is 0 Å². The molecule has 0 saturated heterocycles. The van der Waals surface area contributed by atoms with E-state index in [0.29, 0.717) is 0 Å². The highest BCUT2D eigenvalue weighted by Crippen LogP contribution is 2.69. The van der Waals surface area contributed by atoms with E-state index in [0.717, 1.165) is 17.1 Å². The van der Waals surface area contributed by atoms with Crippen molar-refractivity contribution in [3.05, 3.63) is 292 Å². The number of hydrogen-bond donors (Lipinski definition) is 0. The normalized spacial score (nSPS) is 18.1. The minimum absolute atomic E-state index is 0.0533. The Morgan fingerprint density at radius 1 is 0.273 bits per heavy atom. The van der Waals surface area contributed by atoms with Crippen molar-refractivity contribution in [2.45, 2.75) is 30.1 Å². The fourth-order valence-electron chi connectivity index (χ4n) is 13.1. The number of hydrogen-bond acceptors (Lipinski definition) is 1. The zero-order valence-corrected chi connectivity index (χ0v) is 37.0. The molecule has 14 rings (SSSR count). The van der Waals surface area contributed by atoms with E-state index in [1.807, 2.05) is 0 Å². The van der Waals surface area contributed by atoms with Crippen LogP contribution < -0.4 is 4.90 Å². The lowest BCUT2D eigenvalue weighted by atomic mass is 9.52. The Hall–Kier alpha value is -8.00. The van der Waals surface area contributed by atoms with Crippen LogP contribution in [0.4, 0.5) is 17.1 Å². The lowest BCUT2D eigenvalue weighted by Gasteiger charge is -2.48. The summed E-state index contributed by atoms with van der Waals surface area (Å²) in [7, 11) is 0. The van der Waals surface area contributed by atoms with Gasteiger partial charge in [0.2, 0.25) is 0 Å². The largest absolute Gasteiger partial charge is 0.310 e. The smallest absolute Gasteiger partial charge is 0.0720 e. The molecule has 1 heteroatoms. The van der Waals surface area contributed by atoms with Crippen LogP contribution in [0.25, 0.3) is 44.5 Å². The van der Waals surface area contributed by atoms with Gasteiger partial charge in [-0.3, -0.25) is 0 Å². The average Bonchev–Trinajstić information content (AvgIpc) is 3.94. The van der Waals surface area contributed by atoms with Gasteiger partial charge in [0.15, 0.2) is 0 Å². The first kappa shape index (κ1) is 37.4. The first-order chi connectivity index (χ1) is 32.5. The molecule has 10 aromatic carbocycles. The van der Waals surface area contributed by atoms with E-state index >= 15 is 0 Å². The van der Waals surface area contributed by atoms with Crippen molar-refractivity contribution in [2.75, 3.05) is 4.90 Å². The van der Waals surface area contributed by atoms with Crippen LogP contribution in [-0.2, 0) is 16.2 Å². The molecule has 0 aromatic heterocycles. The zero-order chi connectivity index (χ0) is 43.8. The van der Waals surface area contributed by atoms with Crippen molar-refractivity contribution in [1.29, 1.82) is 0 Å². The van der Waals surface area contributed by atoms with Crippen LogP contribution in [0.3, 0.4) is 0 Å². The van der Waals surface area contributed by atoms with E-state index < -0.39 is 10.8 Å². The summed E-state index contributed by atoms with van der Waals surface area (Å²) in [5, 5.41) is 0. The maximum absolute atomic E-state index is 2.52. The van der Waals surface area contributed by atoms with E-state index in [2.05, 4.69) is 255 Å². The predicted molar refractivity (Wildman–Crippen MR) is 272 cm³/mol. The topological polar surface area (TPSA) is 3.24 Å². The van der Waals surface area contributed by atoms with Gasteiger partial charge in [0.1, 0.15) is 0 Å². The second-order valence-corrected chi connectivity index (χ2v) is 19.1. The molecule has 0 amide bonds. The molecule has 4 aliphatic rings. The van der Waals surface area contributed by atoms with Crippen LogP contribution in [0.15, 0.2) is 237 Å². The number of para-hydroxylation sites is 1. The van der Waals surface area contributed by atoms with E-state index in [-0.39, 0.29) is 5.41 Å². The summed E-state index contributed by atoms with van der Waals surface area (Å²) in [6, 6.07) is 89.4. The highest BCUT2D eigenvalue weighted by Gasteiger charge is 2.59. The SMILES string of the molecule is CC1(C)c2ccccc2-c2ccc(-c3ccc(N(c4ccccc4)c4ccc5c(c4)C4(c6ccccc6-5)c5ccccc5C5(c6ccccc6)c6ccccc6-c6cccc4c65)cc3)cc21. The van der Waals surface area contributed by atoms with Crippen LogP contribution in [-0.4, -0.2) is 0 Å². The molecule has 310 valence electrons. The Kier molecular flexibility index (Phi) is 7.66. The van der Waals surface area contributed by atoms with Crippen molar-refractivity contribution < 1.29 is 0 Å². The molecule has 0 saturated carbocycles. The molecule has 0 radical (unpaired) electrons. The third-order valence-corrected chi connectivity index (χ3v) is 15.7. The molecule has 1 nitrogen and oxygen atoms in total. The molecule has 0 fully saturated rings. The Morgan fingerprint density at radius 2 is 0.727 bits per heavy atom. The molecule has 66 heavy (non-hydrogen) atoms. The van der Waals surface area contributed by atoms with Crippen molar-refractivity contribution >= 4 is 17.1 Å². The first-order valence-electron chi connectivity index (χ1n) is 23.3. The second kappa shape index (κ2) is 13.5. The van der Waals surface area contributed by atoms with Gasteiger partial charge in [-0.15, -0.1) is 0 Å². The standard InChI is InChI=1S/C65H45N/c1-63(2)54-26-12-9-22-48(54)51-38-34-43(40-60(51)63)42-32-35-46(36-33-42)66(45-20-7-4-8-21-45)47-37-39-52-49-23-10-14-28-56(49)65(61(52)41-47)58-30-16-15-29-57(58)64(44-18-5-3-6-19-44)55-27-13-11-24-50(55)53-25-17-31-59(65)62(53)64/h3-41H,1-2H3. The van der Waals surface area contributed by atoms with Crippen LogP contribution in [0, 0.1) is 0 Å². The molecule has 0 aliphatic heterocycles. The molecular weight excluding hydrogens is 795 g/mol. The van der Waals surface area contributed by atoms with E-state index in [1.54, 1.807) is 0 Å². The fraction of sp³-hybridized carbons (Fsp3) is 0.0769. The highest BCUT2D eigenvalue weighted by molar-refractivity contribution is 5.97. The van der Waals surface area contributed by atoms with Gasteiger partial charge in [-0.1, -0.05) is 208 Å². The molecule has 1 spiro atoms. The minimum Gasteiger partial charge on any atom is -0.310 e. The fourth-order valence-corrected chi connectivity index (χ4v) is 13.1. The summed E-state index contributed by atoms with van der Waals surface area (Å²) in [5.74, 6) is 0. The summed E-state index contributed by atoms with van der Waals surface area (Å²) in [6.07, 6.45) is 0. The maximum atomic E-state index is 2.52. The van der Waals surface area contributed by atoms with E-state index in [4.69, 9.17) is 0 Å². The maximum Gasteiger partial charge on any atom is 0.0720 e. The molecule has 0 bridgehead atoms. The third kappa shape index (κ3) is 4.69. The van der Waals surface area contributed by atoms with Crippen LogP contribution >= 0.6 is 0 Å². The van der Waals surface area contributed by atoms with Gasteiger partial charge in [0.05, 0.1) is 10.8 Å². The molecule has 2 unspecified atom stereocenters. The molecule has 0 N–H and O–H groups in total. The van der Waals surface area contributed by atoms with Crippen LogP contribution in [0.5, 0.6) is 0 Å². The van der Waals surface area contributed by atoms with Gasteiger partial charge < -0.3 is 4.90 Å². The minimum atomic E-state index is -0.572. The predicted octanol–water partition coefficient (Wildman–Crippen LogP) is 16.2. The Bertz CT molecular complexity index is 3620. The number of anilines is 3. The third-order valence-electron chi connectivity index (χ3n) is 15.7. The van der Waals surface area contributed by atoms with Gasteiger partial charge in [0, 0.05) is 22.5 Å². The molecular formula is C65H45N. The highest BCUT2D eigenvalue weighted by atomic mass is 15.1. The second-order valence-electron chi connectivity index (χ2n) is 19.1. The Morgan fingerprint density at radius 3 is 1.44 bits per heavy atom. The molecule has 10 aromatic rings. The summed E-state index contributed by atoms with van der Waals surface area (Å²) in [4.78, 5) is 2.44. The van der Waals surface area contributed by atoms with Crippen molar-refractivity contribution in [3.8, 4) is 44.5 Å². The Balaban J connectivity index is 0.977. The number of fused-ring (bicyclic) bond motifs is 15. The molecule has 2 atom stereocenters. The van der Waals surface area contributed by atoms with E-state index in [1.165, 1.54) is 100 Å². The van der Waals surface area contributed by atoms with E-state index in [9.17, 15) is 0 Å². The van der Waals surface area contributed by atoms with Gasteiger partial charge in [-0.05, 0) is 143 Å². The monoisotopic (exact) mass is 839 g/mol. The zero-order valence-electron chi connectivity index (χ0n) is 37.0. The first-order valence-corrected chi connectivity index (χ1v) is 23.3. The number of benzene rings is 10. The lowest BCUT2D eigenvalue weighted by molar-refractivity contribution is 0.636. The molecule has 0 heterocycles. The van der Waals surface area contributed by atoms with Crippen molar-refractivity contribution in [1.82, 2.24) is 0 Å². The average molecular weight is 840 g/mol. The Labute approximate surface area is 387 Å². The lowest BCUT2D eigenvalue weighted by Crippen LogP contribution is -2.43. The van der Waals surface area contributed by atoms with Crippen molar-refractivity contribution in [3.63, 3.8) is 0 Å². The van der Waals surface area contributed by atoms with Crippen LogP contribution in [0.1, 0.15) is 69.5 Å². The van der Waals surface area contributed by atoms with Gasteiger partial charge in [-0.25, -0.2) is 0 Å². The number of rotatable bonds is 5. The van der Waals surface area contributed by atoms with Gasteiger partial charge in [-0.2, -0.15) is 0 Å². The quantitative estimate of drug-likeness (QED) is 0.167. The summed E-state index contributed by atoms with van der Waals surface area (Å²) >= 11 is 0. The van der Waals surface area contributed by atoms with Crippen LogP contribution in [0.2, 0.25) is 0 Å². The summed E-state index contributed by atoms with van der Waals surface area (Å²) < 4.78 is 0.